The topological polar surface area (TPSA) is 85.4 Å². The van der Waals surface area contributed by atoms with Crippen LogP contribution in [0.1, 0.15) is 41.8 Å². The van der Waals surface area contributed by atoms with Gasteiger partial charge in [-0.15, -0.1) is 0 Å². The van der Waals surface area contributed by atoms with Crippen LogP contribution in [0.2, 0.25) is 0 Å². The third-order valence-corrected chi connectivity index (χ3v) is 5.26. The molecule has 1 aromatic carbocycles. The summed E-state index contributed by atoms with van der Waals surface area (Å²) in [5.41, 5.74) is 1.02. The van der Waals surface area contributed by atoms with Crippen LogP contribution in [0.25, 0.3) is 0 Å². The Morgan fingerprint density at radius 3 is 2.62 bits per heavy atom. The molecule has 3 rings (SSSR count). The number of pyridine rings is 1. The fraction of sp³-hybridized carbons (Fsp3) is 0.294. The predicted octanol–water partition coefficient (Wildman–Crippen LogP) is 2.44. The molecule has 1 saturated carbocycles. The van der Waals surface area contributed by atoms with E-state index in [4.69, 9.17) is 4.74 Å². The van der Waals surface area contributed by atoms with Crippen LogP contribution in [0.15, 0.2) is 53.7 Å². The van der Waals surface area contributed by atoms with Crippen molar-refractivity contribution in [2.24, 2.45) is 0 Å². The van der Waals surface area contributed by atoms with Gasteiger partial charge in [-0.3, -0.25) is 4.98 Å². The number of hydrogen-bond acceptors (Lipinski definition) is 5. The molecule has 0 aliphatic heterocycles. The van der Waals surface area contributed by atoms with Gasteiger partial charge >= 0.3 is 5.97 Å². The van der Waals surface area contributed by atoms with E-state index in [0.29, 0.717) is 0 Å². The Hall–Kier alpha value is -2.25. The number of benzene rings is 1. The van der Waals surface area contributed by atoms with Gasteiger partial charge in [-0.05, 0) is 55.7 Å². The third-order valence-electron chi connectivity index (χ3n) is 3.74. The maximum atomic E-state index is 12.3. The lowest BCUT2D eigenvalue weighted by Crippen LogP contribution is -2.26. The van der Waals surface area contributed by atoms with Gasteiger partial charge in [0, 0.05) is 18.4 Å². The van der Waals surface area contributed by atoms with Crippen LogP contribution in [0, 0.1) is 0 Å². The average molecular weight is 346 g/mol. The van der Waals surface area contributed by atoms with Gasteiger partial charge in [-0.1, -0.05) is 6.07 Å². The van der Waals surface area contributed by atoms with E-state index in [1.807, 2.05) is 0 Å². The number of carbonyl (C=O) groups is 1. The zero-order valence-corrected chi connectivity index (χ0v) is 14.0. The van der Waals surface area contributed by atoms with E-state index < -0.39 is 22.1 Å². The highest BCUT2D eigenvalue weighted by molar-refractivity contribution is 7.89. The van der Waals surface area contributed by atoms with Crippen LogP contribution < -0.4 is 4.72 Å². The molecule has 0 saturated heterocycles. The molecule has 126 valence electrons. The zero-order chi connectivity index (χ0) is 17.2. The minimum absolute atomic E-state index is 0.0114. The maximum Gasteiger partial charge on any atom is 0.338 e. The number of nitrogens with one attached hydrogen (secondary N) is 1. The molecule has 2 aromatic rings. The quantitative estimate of drug-likeness (QED) is 0.812. The van der Waals surface area contributed by atoms with Gasteiger partial charge in [0.25, 0.3) is 0 Å². The molecule has 6 nitrogen and oxygen atoms in total. The number of hydrogen-bond donors (Lipinski definition) is 1. The first kappa shape index (κ1) is 16.6. The number of carbonyl (C=O) groups excluding carboxylic acids is 1. The molecule has 1 atom stereocenters. The molecular weight excluding hydrogens is 328 g/mol. The fourth-order valence-electron chi connectivity index (χ4n) is 2.21. The third kappa shape index (κ3) is 3.98. The van der Waals surface area contributed by atoms with Crippen molar-refractivity contribution >= 4 is 16.0 Å². The van der Waals surface area contributed by atoms with E-state index >= 15 is 0 Å². The lowest BCUT2D eigenvalue weighted by Gasteiger charge is -2.14. The molecule has 1 aliphatic carbocycles. The summed E-state index contributed by atoms with van der Waals surface area (Å²) < 4.78 is 32.5. The van der Waals surface area contributed by atoms with Gasteiger partial charge in [-0.25, -0.2) is 17.9 Å². The summed E-state index contributed by atoms with van der Waals surface area (Å²) in [6.45, 7) is 1.75. The number of rotatable bonds is 6. The number of nitrogens with zero attached hydrogens (tertiary/aromatic N) is 1. The lowest BCUT2D eigenvalue weighted by atomic mass is 10.1. The summed E-state index contributed by atoms with van der Waals surface area (Å²) >= 11 is 0. The Morgan fingerprint density at radius 1 is 1.25 bits per heavy atom. The summed E-state index contributed by atoms with van der Waals surface area (Å²) in [6, 6.07) is 9.42. The van der Waals surface area contributed by atoms with E-state index in [1.54, 1.807) is 31.5 Å². The summed E-state index contributed by atoms with van der Waals surface area (Å²) in [7, 11) is -3.60. The van der Waals surface area contributed by atoms with Crippen molar-refractivity contribution in [1.82, 2.24) is 9.71 Å². The second-order valence-electron chi connectivity index (χ2n) is 5.75. The van der Waals surface area contributed by atoms with Crippen LogP contribution in [0.4, 0.5) is 0 Å². The van der Waals surface area contributed by atoms with Gasteiger partial charge in [0.15, 0.2) is 0 Å². The van der Waals surface area contributed by atoms with Crippen LogP contribution in [-0.2, 0) is 14.8 Å². The second kappa shape index (κ2) is 6.70. The van der Waals surface area contributed by atoms with E-state index in [9.17, 15) is 13.2 Å². The van der Waals surface area contributed by atoms with Crippen molar-refractivity contribution < 1.29 is 17.9 Å². The highest BCUT2D eigenvalue weighted by Crippen LogP contribution is 2.23. The van der Waals surface area contributed by atoms with Crippen LogP contribution in [0.3, 0.4) is 0 Å². The molecule has 0 spiro atoms. The molecule has 1 N–H and O–H groups in total. The lowest BCUT2D eigenvalue weighted by molar-refractivity contribution is 0.0337. The smallest absolute Gasteiger partial charge is 0.338 e. The van der Waals surface area contributed by atoms with Crippen molar-refractivity contribution in [3.8, 4) is 0 Å². The zero-order valence-electron chi connectivity index (χ0n) is 13.2. The molecule has 1 fully saturated rings. The van der Waals surface area contributed by atoms with Crippen molar-refractivity contribution in [2.45, 2.75) is 36.8 Å². The number of sulfonamides is 1. The van der Waals surface area contributed by atoms with Gasteiger partial charge in [-0.2, -0.15) is 0 Å². The SMILES string of the molecule is C[C@@H](OC(=O)c1cccc(S(=O)(=O)NC2CC2)c1)c1ccncc1. The summed E-state index contributed by atoms with van der Waals surface area (Å²) in [5.74, 6) is -0.567. The molecule has 0 amide bonds. The van der Waals surface area contributed by atoms with Crippen molar-refractivity contribution in [3.05, 3.63) is 59.9 Å². The average Bonchev–Trinajstić information content (AvgIpc) is 3.39. The first-order valence-corrected chi connectivity index (χ1v) is 9.17. The molecule has 1 aromatic heterocycles. The van der Waals surface area contributed by atoms with Crippen molar-refractivity contribution in [3.63, 3.8) is 0 Å². The molecule has 1 aliphatic rings. The maximum absolute atomic E-state index is 12.3. The molecule has 24 heavy (non-hydrogen) atoms. The van der Waals surface area contributed by atoms with Crippen LogP contribution in [0.5, 0.6) is 0 Å². The van der Waals surface area contributed by atoms with Gasteiger partial charge in [0.1, 0.15) is 6.10 Å². The monoisotopic (exact) mass is 346 g/mol. The van der Waals surface area contributed by atoms with Crippen molar-refractivity contribution in [2.75, 3.05) is 0 Å². The minimum Gasteiger partial charge on any atom is -0.454 e. The first-order chi connectivity index (χ1) is 11.5. The first-order valence-electron chi connectivity index (χ1n) is 7.69. The second-order valence-corrected chi connectivity index (χ2v) is 7.47. The summed E-state index contributed by atoms with van der Waals surface area (Å²) in [4.78, 5) is 16.3. The van der Waals surface area contributed by atoms with E-state index in [1.165, 1.54) is 24.3 Å². The fourth-order valence-corrected chi connectivity index (χ4v) is 3.56. The van der Waals surface area contributed by atoms with E-state index in [-0.39, 0.29) is 16.5 Å². The molecule has 1 heterocycles. The molecule has 0 bridgehead atoms. The van der Waals surface area contributed by atoms with Gasteiger partial charge in [0.05, 0.1) is 10.5 Å². The molecule has 0 radical (unpaired) electrons. The highest BCUT2D eigenvalue weighted by Gasteiger charge is 2.28. The summed E-state index contributed by atoms with van der Waals surface area (Å²) in [5, 5.41) is 0. The number of esters is 1. The van der Waals surface area contributed by atoms with Gasteiger partial charge < -0.3 is 4.74 Å². The predicted molar refractivity (Wildman–Crippen MR) is 87.9 cm³/mol. The number of ether oxygens (including phenoxy) is 1. The largest absolute Gasteiger partial charge is 0.454 e. The van der Waals surface area contributed by atoms with E-state index in [0.717, 1.165) is 18.4 Å². The Bertz CT molecular complexity index is 833. The molecular formula is C17H18N2O4S. The Labute approximate surface area is 140 Å². The Morgan fingerprint density at radius 2 is 1.96 bits per heavy atom. The Balaban J connectivity index is 1.74. The van der Waals surface area contributed by atoms with Gasteiger partial charge in [0.2, 0.25) is 10.0 Å². The van der Waals surface area contributed by atoms with Crippen molar-refractivity contribution in [1.29, 1.82) is 0 Å². The highest BCUT2D eigenvalue weighted by atomic mass is 32.2. The number of aromatic nitrogens is 1. The Kier molecular flexibility index (Phi) is 4.64. The van der Waals surface area contributed by atoms with Crippen LogP contribution >= 0.6 is 0 Å². The standard InChI is InChI=1S/C17H18N2O4S/c1-12(13-7-9-18-10-8-13)23-17(20)14-3-2-4-16(11-14)24(21,22)19-15-5-6-15/h2-4,7-12,15,19H,5-6H2,1H3/t12-/m1/s1. The van der Waals surface area contributed by atoms with Crippen LogP contribution in [-0.4, -0.2) is 25.4 Å². The van der Waals surface area contributed by atoms with E-state index in [2.05, 4.69) is 9.71 Å². The minimum atomic E-state index is -3.60. The summed E-state index contributed by atoms with van der Waals surface area (Å²) in [6.07, 6.45) is 4.49. The molecule has 0 unspecified atom stereocenters. The molecule has 7 heteroatoms. The normalized spacial score (nSPS) is 15.7.